The van der Waals surface area contributed by atoms with E-state index in [9.17, 15) is 14.9 Å². The van der Waals surface area contributed by atoms with Crippen LogP contribution in [0.15, 0.2) is 18.3 Å². The number of aromatic nitrogens is 1. The van der Waals surface area contributed by atoms with E-state index in [2.05, 4.69) is 4.98 Å². The highest BCUT2D eigenvalue weighted by Gasteiger charge is 2.49. The van der Waals surface area contributed by atoms with Crippen LogP contribution in [0.3, 0.4) is 0 Å². The lowest BCUT2D eigenvalue weighted by Crippen LogP contribution is -2.41. The SMILES string of the molecule is CCOC(=O)C1(C(C)C)CCN(c2ncccc2[N+](=O)[O-])C1. The number of nitro groups is 1. The highest BCUT2D eigenvalue weighted by molar-refractivity contribution is 5.79. The van der Waals surface area contributed by atoms with E-state index in [1.54, 1.807) is 13.0 Å². The van der Waals surface area contributed by atoms with Crippen LogP contribution in [-0.4, -0.2) is 35.6 Å². The maximum Gasteiger partial charge on any atom is 0.314 e. The topological polar surface area (TPSA) is 85.6 Å². The number of hydrogen-bond donors (Lipinski definition) is 0. The molecule has 0 spiro atoms. The van der Waals surface area contributed by atoms with Gasteiger partial charge in [-0.05, 0) is 25.3 Å². The van der Waals surface area contributed by atoms with E-state index >= 15 is 0 Å². The molecule has 22 heavy (non-hydrogen) atoms. The lowest BCUT2D eigenvalue weighted by atomic mass is 9.76. The number of ether oxygens (including phenoxy) is 1. The summed E-state index contributed by atoms with van der Waals surface area (Å²) in [5.41, 5.74) is -0.674. The Bertz CT molecular complexity index is 576. The van der Waals surface area contributed by atoms with Gasteiger partial charge in [-0.3, -0.25) is 14.9 Å². The van der Waals surface area contributed by atoms with Crippen molar-refractivity contribution in [2.24, 2.45) is 11.3 Å². The van der Waals surface area contributed by atoms with Gasteiger partial charge in [0, 0.05) is 25.4 Å². The van der Waals surface area contributed by atoms with Crippen molar-refractivity contribution in [3.8, 4) is 0 Å². The van der Waals surface area contributed by atoms with Crippen molar-refractivity contribution in [2.75, 3.05) is 24.6 Å². The number of pyridine rings is 1. The van der Waals surface area contributed by atoms with Gasteiger partial charge in [0.1, 0.15) is 0 Å². The molecule has 1 atom stereocenters. The van der Waals surface area contributed by atoms with Crippen LogP contribution in [0, 0.1) is 21.4 Å². The number of carbonyl (C=O) groups excluding carboxylic acids is 1. The van der Waals surface area contributed by atoms with Crippen LogP contribution in [0.4, 0.5) is 11.5 Å². The number of rotatable bonds is 5. The Balaban J connectivity index is 2.31. The third kappa shape index (κ3) is 2.75. The van der Waals surface area contributed by atoms with Crippen LogP contribution in [0.1, 0.15) is 27.2 Å². The lowest BCUT2D eigenvalue weighted by molar-refractivity contribution is -0.384. The summed E-state index contributed by atoms with van der Waals surface area (Å²) in [5, 5.41) is 11.2. The second-order valence-corrected chi connectivity index (χ2v) is 5.81. The molecular weight excluding hydrogens is 286 g/mol. The molecule has 1 saturated heterocycles. The van der Waals surface area contributed by atoms with Crippen molar-refractivity contribution >= 4 is 17.5 Å². The van der Waals surface area contributed by atoms with Crippen LogP contribution in [-0.2, 0) is 9.53 Å². The first kappa shape index (κ1) is 16.2. The maximum atomic E-state index is 12.4. The van der Waals surface area contributed by atoms with Gasteiger partial charge in [0.05, 0.1) is 16.9 Å². The van der Waals surface area contributed by atoms with Gasteiger partial charge in [0.25, 0.3) is 0 Å². The fraction of sp³-hybridized carbons (Fsp3) is 0.600. The molecule has 1 aliphatic rings. The summed E-state index contributed by atoms with van der Waals surface area (Å²) in [6, 6.07) is 2.97. The first-order valence-corrected chi connectivity index (χ1v) is 7.44. The van der Waals surface area contributed by atoms with Crippen molar-refractivity contribution in [3.05, 3.63) is 28.4 Å². The zero-order valence-corrected chi connectivity index (χ0v) is 13.1. The van der Waals surface area contributed by atoms with E-state index in [0.717, 1.165) is 0 Å². The van der Waals surface area contributed by atoms with E-state index in [4.69, 9.17) is 4.74 Å². The highest BCUT2D eigenvalue weighted by Crippen LogP contribution is 2.42. The van der Waals surface area contributed by atoms with Crippen LogP contribution in [0.2, 0.25) is 0 Å². The smallest absolute Gasteiger partial charge is 0.314 e. The number of carbonyl (C=O) groups is 1. The molecule has 1 fully saturated rings. The molecule has 0 radical (unpaired) electrons. The van der Waals surface area contributed by atoms with Crippen molar-refractivity contribution in [1.82, 2.24) is 4.98 Å². The molecule has 2 heterocycles. The molecule has 0 aliphatic carbocycles. The predicted octanol–water partition coefficient (Wildman–Crippen LogP) is 2.41. The number of hydrogen-bond acceptors (Lipinski definition) is 6. The summed E-state index contributed by atoms with van der Waals surface area (Å²) in [7, 11) is 0. The third-order valence-electron chi connectivity index (χ3n) is 4.35. The van der Waals surface area contributed by atoms with Crippen LogP contribution in [0.25, 0.3) is 0 Å². The molecule has 7 heteroatoms. The van der Waals surface area contributed by atoms with Crippen LogP contribution in [0.5, 0.6) is 0 Å². The molecule has 1 aromatic heterocycles. The van der Waals surface area contributed by atoms with Gasteiger partial charge in [-0.15, -0.1) is 0 Å². The fourth-order valence-electron chi connectivity index (χ4n) is 2.94. The standard InChI is InChI=1S/C15H21N3O4/c1-4-22-14(19)15(11(2)3)7-9-17(10-15)13-12(18(20)21)6-5-8-16-13/h5-6,8,11H,4,7,9-10H2,1-3H3. The number of esters is 1. The van der Waals surface area contributed by atoms with Crippen LogP contribution < -0.4 is 4.90 Å². The summed E-state index contributed by atoms with van der Waals surface area (Å²) in [6.07, 6.45) is 2.14. The predicted molar refractivity (Wildman–Crippen MR) is 81.6 cm³/mol. The minimum atomic E-state index is -0.637. The zero-order chi connectivity index (χ0) is 16.3. The Kier molecular flexibility index (Phi) is 4.63. The van der Waals surface area contributed by atoms with Crippen molar-refractivity contribution < 1.29 is 14.5 Å². The van der Waals surface area contributed by atoms with Gasteiger partial charge < -0.3 is 9.64 Å². The number of anilines is 1. The first-order valence-electron chi connectivity index (χ1n) is 7.44. The van der Waals surface area contributed by atoms with Gasteiger partial charge in [0.15, 0.2) is 0 Å². The number of nitrogens with zero attached hydrogens (tertiary/aromatic N) is 3. The minimum absolute atomic E-state index is 0.0362. The van der Waals surface area contributed by atoms with Gasteiger partial charge in [-0.2, -0.15) is 0 Å². The fourth-order valence-corrected chi connectivity index (χ4v) is 2.94. The molecule has 1 unspecified atom stereocenters. The normalized spacial score (nSPS) is 21.2. The molecular formula is C15H21N3O4. The minimum Gasteiger partial charge on any atom is -0.466 e. The van der Waals surface area contributed by atoms with E-state index in [1.165, 1.54) is 12.3 Å². The molecule has 0 saturated carbocycles. The van der Waals surface area contributed by atoms with E-state index in [0.29, 0.717) is 31.9 Å². The van der Waals surface area contributed by atoms with Gasteiger partial charge >= 0.3 is 11.7 Å². The van der Waals surface area contributed by atoms with Crippen molar-refractivity contribution in [2.45, 2.75) is 27.2 Å². The van der Waals surface area contributed by atoms with Crippen LogP contribution >= 0.6 is 0 Å². The molecule has 2 rings (SSSR count). The van der Waals surface area contributed by atoms with Crippen molar-refractivity contribution in [3.63, 3.8) is 0 Å². The molecule has 0 aromatic carbocycles. The second kappa shape index (κ2) is 6.29. The molecule has 0 amide bonds. The van der Waals surface area contributed by atoms with Gasteiger partial charge in [0.2, 0.25) is 5.82 Å². The molecule has 1 aliphatic heterocycles. The van der Waals surface area contributed by atoms with Gasteiger partial charge in [-0.1, -0.05) is 13.8 Å². The Morgan fingerprint density at radius 3 is 2.91 bits per heavy atom. The van der Waals surface area contributed by atoms with Gasteiger partial charge in [-0.25, -0.2) is 4.98 Å². The Labute approximate surface area is 129 Å². The first-order chi connectivity index (χ1) is 10.4. The van der Waals surface area contributed by atoms with Crippen molar-refractivity contribution in [1.29, 1.82) is 0 Å². The summed E-state index contributed by atoms with van der Waals surface area (Å²) >= 11 is 0. The average molecular weight is 307 g/mol. The Morgan fingerprint density at radius 1 is 1.59 bits per heavy atom. The van der Waals surface area contributed by atoms with E-state index < -0.39 is 10.3 Å². The Morgan fingerprint density at radius 2 is 2.32 bits per heavy atom. The highest BCUT2D eigenvalue weighted by atomic mass is 16.6. The maximum absolute atomic E-state index is 12.4. The molecule has 0 bridgehead atoms. The summed E-state index contributed by atoms with van der Waals surface area (Å²) < 4.78 is 5.23. The summed E-state index contributed by atoms with van der Waals surface area (Å²) in [5.74, 6) is 0.171. The largest absolute Gasteiger partial charge is 0.466 e. The molecule has 120 valence electrons. The zero-order valence-electron chi connectivity index (χ0n) is 13.1. The van der Waals surface area contributed by atoms with E-state index in [1.807, 2.05) is 18.7 Å². The second-order valence-electron chi connectivity index (χ2n) is 5.81. The Hall–Kier alpha value is -2.18. The quantitative estimate of drug-likeness (QED) is 0.472. The third-order valence-corrected chi connectivity index (χ3v) is 4.35. The summed E-state index contributed by atoms with van der Waals surface area (Å²) in [6.45, 7) is 7.01. The monoisotopic (exact) mass is 307 g/mol. The molecule has 7 nitrogen and oxygen atoms in total. The average Bonchev–Trinajstić information content (AvgIpc) is 2.94. The summed E-state index contributed by atoms with van der Waals surface area (Å²) in [4.78, 5) is 29.1. The molecule has 0 N–H and O–H groups in total. The molecule has 1 aromatic rings. The lowest BCUT2D eigenvalue weighted by Gasteiger charge is -2.30. The van der Waals surface area contributed by atoms with E-state index in [-0.39, 0.29) is 17.6 Å².